The zero-order valence-corrected chi connectivity index (χ0v) is 20.5. The van der Waals surface area contributed by atoms with Crippen molar-refractivity contribution in [2.45, 2.75) is 32.0 Å². The number of imidazole rings is 1. The molecule has 1 atom stereocenters. The van der Waals surface area contributed by atoms with Crippen molar-refractivity contribution in [3.05, 3.63) is 53.9 Å². The second-order valence-corrected chi connectivity index (χ2v) is 8.68. The van der Waals surface area contributed by atoms with Gasteiger partial charge in [-0.15, -0.1) is 0 Å². The summed E-state index contributed by atoms with van der Waals surface area (Å²) in [6.45, 7) is 8.49. The predicted molar refractivity (Wildman–Crippen MR) is 121 cm³/mol. The number of hydrogen-bond donors (Lipinski definition) is 2. The molecule has 0 amide bonds. The third-order valence-electron chi connectivity index (χ3n) is 5.56. The number of aromatic nitrogens is 2. The first kappa shape index (κ1) is 32.0. The maximum Gasteiger partial charge on any atom is 0.490 e. The molecule has 4 rings (SSSR count). The molecule has 1 fully saturated rings. The molecule has 2 aliphatic rings. The molecule has 0 saturated carbocycles. The van der Waals surface area contributed by atoms with E-state index in [0.29, 0.717) is 5.92 Å². The van der Waals surface area contributed by atoms with Gasteiger partial charge in [-0.3, -0.25) is 9.80 Å². The molecule has 1 aromatic heterocycles. The average Bonchev–Trinajstić information content (AvgIpc) is 3.20. The van der Waals surface area contributed by atoms with Gasteiger partial charge in [-0.05, 0) is 17.7 Å². The molecule has 0 radical (unpaired) electrons. The number of carbonyl (C=O) groups is 2. The number of benzene rings is 1. The Morgan fingerprint density at radius 1 is 0.923 bits per heavy atom. The number of fused-ring (bicyclic) bond motifs is 1. The quantitative estimate of drug-likeness (QED) is 0.538. The minimum atomic E-state index is -5.08. The molecular weight excluding hydrogens is 545 g/mol. The molecule has 2 aliphatic heterocycles. The average molecular weight is 572 g/mol. The van der Waals surface area contributed by atoms with Crippen molar-refractivity contribution in [1.82, 2.24) is 19.4 Å². The maximum atomic E-state index is 13.2. The van der Waals surface area contributed by atoms with E-state index in [1.807, 2.05) is 18.3 Å². The first-order chi connectivity index (χ1) is 18.1. The molecule has 1 unspecified atom stereocenters. The number of nitrogens with zero attached hydrogens (tertiary/aromatic N) is 4. The summed E-state index contributed by atoms with van der Waals surface area (Å²) in [7, 11) is 0. The summed E-state index contributed by atoms with van der Waals surface area (Å²) in [6, 6.07) is 6.84. The van der Waals surface area contributed by atoms with Gasteiger partial charge in [0.1, 0.15) is 11.6 Å². The van der Waals surface area contributed by atoms with E-state index in [-0.39, 0.29) is 5.82 Å². The topological polar surface area (TPSA) is 108 Å². The minimum absolute atomic E-state index is 0.180. The summed E-state index contributed by atoms with van der Waals surface area (Å²) in [5.74, 6) is -4.03. The summed E-state index contributed by atoms with van der Waals surface area (Å²) in [6.07, 6.45) is -6.19. The van der Waals surface area contributed by atoms with Crippen LogP contribution in [0.3, 0.4) is 0 Å². The van der Waals surface area contributed by atoms with Crippen LogP contribution >= 0.6 is 0 Å². The lowest BCUT2D eigenvalue weighted by atomic mass is 10.1. The fourth-order valence-corrected chi connectivity index (χ4v) is 3.86. The molecule has 0 spiro atoms. The van der Waals surface area contributed by atoms with Crippen LogP contribution in [0, 0.1) is 11.7 Å². The van der Waals surface area contributed by atoms with E-state index in [0.717, 1.165) is 70.4 Å². The zero-order chi connectivity index (χ0) is 29.2. The van der Waals surface area contributed by atoms with Gasteiger partial charge in [-0.1, -0.05) is 12.1 Å². The van der Waals surface area contributed by atoms with Crippen LogP contribution in [0.25, 0.3) is 0 Å². The molecule has 0 bridgehead atoms. The molecular formula is C23H27F7N4O5. The highest BCUT2D eigenvalue weighted by Gasteiger charge is 2.38. The Labute approximate surface area is 218 Å². The van der Waals surface area contributed by atoms with Crippen LogP contribution in [-0.4, -0.2) is 93.2 Å². The lowest BCUT2D eigenvalue weighted by Gasteiger charge is -2.31. The molecule has 1 saturated heterocycles. The highest BCUT2D eigenvalue weighted by Crippen LogP contribution is 2.19. The van der Waals surface area contributed by atoms with Crippen molar-refractivity contribution >= 4 is 11.9 Å². The van der Waals surface area contributed by atoms with Crippen LogP contribution in [-0.2, 0) is 34.0 Å². The van der Waals surface area contributed by atoms with E-state index in [9.17, 15) is 30.7 Å². The van der Waals surface area contributed by atoms with Crippen LogP contribution in [0.4, 0.5) is 30.7 Å². The summed E-state index contributed by atoms with van der Waals surface area (Å²) in [5.41, 5.74) is 1.14. The van der Waals surface area contributed by atoms with Crippen LogP contribution in [0.1, 0.15) is 11.4 Å². The minimum Gasteiger partial charge on any atom is -0.475 e. The van der Waals surface area contributed by atoms with Gasteiger partial charge in [0.2, 0.25) is 0 Å². The van der Waals surface area contributed by atoms with Crippen molar-refractivity contribution < 1.29 is 55.3 Å². The molecule has 39 heavy (non-hydrogen) atoms. The highest BCUT2D eigenvalue weighted by atomic mass is 19.4. The lowest BCUT2D eigenvalue weighted by molar-refractivity contribution is -0.193. The molecule has 9 nitrogen and oxygen atoms in total. The van der Waals surface area contributed by atoms with E-state index in [1.54, 1.807) is 12.1 Å². The zero-order valence-electron chi connectivity index (χ0n) is 20.5. The number of hydrogen-bond acceptors (Lipinski definition) is 6. The Kier molecular flexibility index (Phi) is 11.7. The lowest BCUT2D eigenvalue weighted by Crippen LogP contribution is -2.42. The number of ether oxygens (including phenoxy) is 1. The molecule has 218 valence electrons. The van der Waals surface area contributed by atoms with Gasteiger partial charge in [-0.2, -0.15) is 26.3 Å². The number of morpholine rings is 1. The monoisotopic (exact) mass is 572 g/mol. The second-order valence-electron chi connectivity index (χ2n) is 8.68. The Balaban J connectivity index is 0.000000317. The van der Waals surface area contributed by atoms with Crippen LogP contribution in [0.15, 0.2) is 36.7 Å². The highest BCUT2D eigenvalue weighted by molar-refractivity contribution is 5.73. The molecule has 2 N–H and O–H groups in total. The summed E-state index contributed by atoms with van der Waals surface area (Å²) < 4.78 is 84.4. The SMILES string of the molecule is Fc1ccc(CN2Cc3nccn3CC(CN3CCOCC3)C2)cc1.O=C(O)C(F)(F)F.O=C(O)C(F)(F)F. The molecule has 0 aliphatic carbocycles. The van der Waals surface area contributed by atoms with Crippen LogP contribution < -0.4 is 0 Å². The van der Waals surface area contributed by atoms with Crippen molar-refractivity contribution in [2.75, 3.05) is 39.4 Å². The number of halogens is 7. The Bertz CT molecular complexity index is 1030. The normalized spacial score (nSPS) is 18.5. The number of alkyl halides is 6. The Morgan fingerprint density at radius 3 is 1.97 bits per heavy atom. The van der Waals surface area contributed by atoms with E-state index in [2.05, 4.69) is 25.5 Å². The van der Waals surface area contributed by atoms with E-state index in [4.69, 9.17) is 24.5 Å². The standard InChI is InChI=1S/C19H25FN4O.2C2HF3O2/c20-18-3-1-16(2-4-18)11-23-13-17(12-22-7-9-25-10-8-22)14-24-6-5-21-19(24)15-23;2*3-2(4,5)1(6)7/h1-6,17H,7-15H2;2*(H,6,7). The first-order valence-electron chi connectivity index (χ1n) is 11.5. The predicted octanol–water partition coefficient (Wildman–Crippen LogP) is 3.25. The summed E-state index contributed by atoms with van der Waals surface area (Å²) in [5, 5.41) is 14.2. The van der Waals surface area contributed by atoms with Crippen molar-refractivity contribution in [3.63, 3.8) is 0 Å². The fourth-order valence-electron chi connectivity index (χ4n) is 3.86. The van der Waals surface area contributed by atoms with Crippen molar-refractivity contribution in [2.24, 2.45) is 5.92 Å². The van der Waals surface area contributed by atoms with Gasteiger partial charge in [0, 0.05) is 57.6 Å². The summed E-state index contributed by atoms with van der Waals surface area (Å²) >= 11 is 0. The smallest absolute Gasteiger partial charge is 0.475 e. The third-order valence-corrected chi connectivity index (χ3v) is 5.56. The second kappa shape index (κ2) is 14.2. The summed E-state index contributed by atoms with van der Waals surface area (Å²) in [4.78, 5) is 27.3. The maximum absolute atomic E-state index is 13.2. The van der Waals surface area contributed by atoms with Gasteiger partial charge >= 0.3 is 24.3 Å². The van der Waals surface area contributed by atoms with Crippen molar-refractivity contribution in [3.8, 4) is 0 Å². The van der Waals surface area contributed by atoms with Gasteiger partial charge < -0.3 is 19.5 Å². The molecule has 3 heterocycles. The van der Waals surface area contributed by atoms with E-state index < -0.39 is 24.3 Å². The Morgan fingerprint density at radius 2 is 1.46 bits per heavy atom. The van der Waals surface area contributed by atoms with Gasteiger partial charge in [0.05, 0.1) is 19.8 Å². The van der Waals surface area contributed by atoms with Crippen molar-refractivity contribution in [1.29, 1.82) is 0 Å². The molecule has 2 aromatic rings. The van der Waals surface area contributed by atoms with Gasteiger partial charge in [0.25, 0.3) is 0 Å². The third kappa shape index (κ3) is 11.6. The van der Waals surface area contributed by atoms with Gasteiger partial charge in [0.15, 0.2) is 0 Å². The first-order valence-corrected chi connectivity index (χ1v) is 11.5. The fraction of sp³-hybridized carbons (Fsp3) is 0.522. The van der Waals surface area contributed by atoms with E-state index in [1.165, 1.54) is 0 Å². The number of aliphatic carboxylic acids is 2. The molecule has 16 heteroatoms. The Hall–Kier alpha value is -3.24. The number of carboxylic acids is 2. The number of rotatable bonds is 4. The molecule has 1 aromatic carbocycles. The largest absolute Gasteiger partial charge is 0.490 e. The van der Waals surface area contributed by atoms with Gasteiger partial charge in [-0.25, -0.2) is 19.0 Å². The van der Waals surface area contributed by atoms with E-state index >= 15 is 0 Å². The van der Waals surface area contributed by atoms with Crippen LogP contribution in [0.2, 0.25) is 0 Å². The number of carboxylic acid groups (broad SMARTS) is 2. The van der Waals surface area contributed by atoms with Crippen LogP contribution in [0.5, 0.6) is 0 Å².